The van der Waals surface area contributed by atoms with Crippen LogP contribution in [0.2, 0.25) is 5.02 Å². The van der Waals surface area contributed by atoms with Gasteiger partial charge >= 0.3 is 12.3 Å². The van der Waals surface area contributed by atoms with Crippen molar-refractivity contribution >= 4 is 93.8 Å². The Morgan fingerprint density at radius 2 is 0.874 bits per heavy atom. The first-order chi connectivity index (χ1) is 60.5. The number of halogens is 4. The summed E-state index contributed by atoms with van der Waals surface area (Å²) in [7, 11) is -8.34. The number of carboxylic acid groups (broad SMARTS) is 1. The van der Waals surface area contributed by atoms with Crippen LogP contribution in [0.1, 0.15) is 122 Å². The second-order valence-corrected chi connectivity index (χ2v) is 39.1. The van der Waals surface area contributed by atoms with Gasteiger partial charge in [-0.2, -0.15) is 0 Å². The quantitative estimate of drug-likeness (QED) is 0.0265. The summed E-state index contributed by atoms with van der Waals surface area (Å²) < 4.78 is 121. The number of carbonyl (C=O) groups excluding carboxylic acids is 4. The van der Waals surface area contributed by atoms with E-state index in [1.54, 1.807) is 42.5 Å². The van der Waals surface area contributed by atoms with Crippen molar-refractivity contribution in [2.45, 2.75) is 118 Å². The fourth-order valence-electron chi connectivity index (χ4n) is 15.6. The van der Waals surface area contributed by atoms with Crippen molar-refractivity contribution in [1.29, 1.82) is 0 Å². The number of ether oxygens (including phenoxy) is 2. The second kappa shape index (κ2) is 37.5. The summed E-state index contributed by atoms with van der Waals surface area (Å²) in [6, 6.07) is 84.4. The summed E-state index contributed by atoms with van der Waals surface area (Å²) >= 11 is 5.97. The van der Waals surface area contributed by atoms with Gasteiger partial charge in [0.2, 0.25) is 43.7 Å². The van der Waals surface area contributed by atoms with Crippen molar-refractivity contribution in [3.63, 3.8) is 0 Å². The van der Waals surface area contributed by atoms with Crippen molar-refractivity contribution in [1.82, 2.24) is 9.44 Å². The molecule has 0 aromatic heterocycles. The lowest BCUT2D eigenvalue weighted by Crippen LogP contribution is -2.27. The van der Waals surface area contributed by atoms with Gasteiger partial charge < -0.3 is 35.8 Å². The predicted octanol–water partition coefficient (Wildman–Crippen LogP) is 21.2. The van der Waals surface area contributed by atoms with Gasteiger partial charge in [-0.15, -0.1) is 13.2 Å². The first-order valence-electron chi connectivity index (χ1n) is 41.3. The highest BCUT2D eigenvalue weighted by molar-refractivity contribution is 7.90. The lowest BCUT2D eigenvalue weighted by atomic mass is 9.92. The van der Waals surface area contributed by atoms with Crippen molar-refractivity contribution in [3.8, 4) is 56.0 Å². The van der Waals surface area contributed by atoms with Crippen LogP contribution < -0.4 is 40.2 Å². The molecule has 0 radical (unpaired) electrons. The summed E-state index contributed by atoms with van der Waals surface area (Å²) in [5, 5.41) is 22.2. The number of sulfone groups is 1. The maximum absolute atomic E-state index is 13.3. The molecule has 17 rings (SSSR count). The molecule has 12 aromatic carbocycles. The monoisotopic (exact) mass is 1800 g/mol. The molecule has 0 unspecified atom stereocenters. The zero-order valence-electron chi connectivity index (χ0n) is 70.2. The summed E-state index contributed by atoms with van der Waals surface area (Å²) in [5.74, 6) is -0.473. The van der Waals surface area contributed by atoms with E-state index in [-0.39, 0.29) is 62.1 Å². The first-order valence-corrected chi connectivity index (χ1v) is 47.1. The Kier molecular flexibility index (Phi) is 26.8. The Bertz CT molecular complexity index is 6530. The van der Waals surface area contributed by atoms with Gasteiger partial charge in [0.15, 0.2) is 0 Å². The van der Waals surface area contributed by atoms with Crippen LogP contribution in [-0.2, 0) is 90.1 Å². The standard InChI is InChI=1S/C27H25NO4.C26H24F3NO4S.C24H24N2O3S.C23H21ClN2O3S.7H2/c1-16-3-5-19(25(29)30)14-22(16)23-15-21(7-4-17(23)2)28-26(31)27(10-11-27)20-6-8-24-18(13-20)9-12-32-24;1-35(32,33)16-13-18-5-7-19(8-6-18)20-3-2-4-22(17-20)30-24(31)25(14-15-25)21-9-11-23(12-10-21)34-26(27,28)29;1-30(28,29)25-17-18-10-12-19(13-11-18)20-6-5-9-22(16-20)26-23(27)24(14-15-24)21-7-3-2-4-8-21;1-25-30(28,29)21-11-5-16(6-12-21)17-3-2-4-20(15-17)26-22(27)23(13-14-23)18-7-9-19(24)10-8-18;;;;;;;/h3-8,13-15H,9-12H2,1-2H3,(H,28,31)(H,29,30);2-12,17H,13-16H2,1H3,(H,30,31);2-13,16,25H,14-15,17H2,1H3,(H,26,27);2-12,15,25H,13-14H2,1H3,(H,26,27);7*1H. The molecule has 127 heavy (non-hydrogen) atoms. The number of benzene rings is 12. The van der Waals surface area contributed by atoms with Gasteiger partial charge in [-0.05, 0) is 276 Å². The van der Waals surface area contributed by atoms with Crippen molar-refractivity contribution in [2.75, 3.05) is 53.2 Å². The number of hydrogen-bond acceptors (Lipinski definition) is 13. The summed E-state index contributed by atoms with van der Waals surface area (Å²) in [6.45, 7) is 4.91. The number of rotatable bonds is 26. The van der Waals surface area contributed by atoms with E-state index in [1.807, 2.05) is 220 Å². The molecule has 0 atom stereocenters. The number of carbonyl (C=O) groups is 5. The number of alkyl halides is 3. The molecule has 0 bridgehead atoms. The van der Waals surface area contributed by atoms with Crippen LogP contribution in [-0.4, -0.2) is 98.2 Å². The molecule has 0 saturated heterocycles. The number of amides is 4. The molecule has 4 amide bonds. The van der Waals surface area contributed by atoms with Crippen LogP contribution in [0.25, 0.3) is 44.5 Å². The van der Waals surface area contributed by atoms with Gasteiger partial charge in [0.05, 0.1) is 50.7 Å². The number of anilines is 4. The van der Waals surface area contributed by atoms with E-state index in [9.17, 15) is 67.5 Å². The highest BCUT2D eigenvalue weighted by Gasteiger charge is 2.54. The molecule has 668 valence electrons. The second-order valence-electron chi connectivity index (χ2n) is 32.7. The summed E-state index contributed by atoms with van der Waals surface area (Å²) in [5.41, 5.74) is 16.9. The number of nitrogens with one attached hydrogen (secondary N) is 6. The van der Waals surface area contributed by atoms with Gasteiger partial charge in [-0.1, -0.05) is 188 Å². The van der Waals surface area contributed by atoms with Crippen LogP contribution in [0.3, 0.4) is 0 Å². The maximum atomic E-state index is 13.3. The highest BCUT2D eigenvalue weighted by Crippen LogP contribution is 2.53. The van der Waals surface area contributed by atoms with Crippen molar-refractivity contribution in [2.24, 2.45) is 0 Å². The number of aromatic carboxylic acids is 1. The van der Waals surface area contributed by atoms with E-state index in [0.29, 0.717) is 53.5 Å². The zero-order valence-corrected chi connectivity index (χ0v) is 73.4. The topological polar surface area (TPSA) is 299 Å². The van der Waals surface area contributed by atoms with E-state index < -0.39 is 63.9 Å². The van der Waals surface area contributed by atoms with Gasteiger partial charge in [-0.25, -0.2) is 39.5 Å². The number of sulfonamides is 2. The first kappa shape index (κ1) is 90.7. The van der Waals surface area contributed by atoms with Gasteiger partial charge in [0, 0.05) is 57.0 Å². The highest BCUT2D eigenvalue weighted by atomic mass is 35.5. The van der Waals surface area contributed by atoms with E-state index >= 15 is 0 Å². The molecule has 1 aliphatic heterocycles. The smallest absolute Gasteiger partial charge is 0.493 e. The van der Waals surface area contributed by atoms with E-state index in [4.69, 9.17) is 16.3 Å². The molecule has 0 spiro atoms. The lowest BCUT2D eigenvalue weighted by Gasteiger charge is -2.18. The molecule has 5 aliphatic rings. The molecule has 4 saturated carbocycles. The Morgan fingerprint density at radius 3 is 1.31 bits per heavy atom. The Hall–Kier alpha value is -12.6. The molecule has 12 aromatic rings. The largest absolute Gasteiger partial charge is 0.573 e. The number of carboxylic acids is 1. The minimum Gasteiger partial charge on any atom is -0.493 e. The van der Waals surface area contributed by atoms with Crippen LogP contribution in [0.5, 0.6) is 11.5 Å². The van der Waals surface area contributed by atoms with Crippen molar-refractivity contribution in [3.05, 3.63) is 340 Å². The normalized spacial score (nSPS) is 15.0. The SMILES string of the molecule is CNS(=O)(=O)c1ccc(-c2cccc(NC(=O)C3(c4ccc(Cl)cc4)CC3)c2)cc1.CS(=O)(=O)CCc1ccc(-c2cccc(NC(=O)C3(c4ccc(OC(F)(F)F)cc4)CC3)c2)cc1.CS(=O)(=O)NCc1ccc(-c2cccc(NC(=O)C3(c4ccccc4)CC3)c2)cc1.Cc1ccc(NC(=O)C2(c3ccc4c(c3)CCO4)CC2)cc1-c1cc(C(=O)O)ccc1C.[HH].[HH].[HH].[HH].[HH].[HH].[HH]. The Balaban J connectivity index is 0.000000240. The van der Waals surface area contributed by atoms with Crippen LogP contribution in [0.4, 0.5) is 35.9 Å². The van der Waals surface area contributed by atoms with Gasteiger partial charge in [-0.3, -0.25) is 19.2 Å². The fourth-order valence-corrected chi connectivity index (χ4v) is 17.5. The molecule has 7 N–H and O–H groups in total. The molecule has 4 aliphatic carbocycles. The van der Waals surface area contributed by atoms with E-state index in [0.717, 1.165) is 146 Å². The van der Waals surface area contributed by atoms with E-state index in [1.165, 1.54) is 43.1 Å². The number of hydrogen-bond donors (Lipinski definition) is 7. The van der Waals surface area contributed by atoms with Gasteiger partial charge in [0.25, 0.3) is 0 Å². The van der Waals surface area contributed by atoms with E-state index in [2.05, 4.69) is 41.5 Å². The lowest BCUT2D eigenvalue weighted by molar-refractivity contribution is -0.274. The van der Waals surface area contributed by atoms with Crippen LogP contribution in [0, 0.1) is 13.8 Å². The summed E-state index contributed by atoms with van der Waals surface area (Å²) in [6.07, 6.45) is 5.14. The third-order valence-corrected chi connectivity index (χ3v) is 26.9. The molecule has 27 heteroatoms. The summed E-state index contributed by atoms with van der Waals surface area (Å²) in [4.78, 5) is 64.0. The van der Waals surface area contributed by atoms with Crippen molar-refractivity contribution < 1.29 is 87.0 Å². The Morgan fingerprint density at radius 1 is 0.457 bits per heavy atom. The fraction of sp³-hybridized carbons (Fsp3) is 0.230. The molecular formula is C100H108ClF3N6O14S3. The van der Waals surface area contributed by atoms with Gasteiger partial charge in [0.1, 0.15) is 21.3 Å². The third kappa shape index (κ3) is 22.5. The molecule has 20 nitrogen and oxygen atoms in total. The predicted molar refractivity (Wildman–Crippen MR) is 505 cm³/mol. The molecule has 1 heterocycles. The molecular weight excluding hydrogens is 1700 g/mol. The minimum absolute atomic E-state index is 0. The number of fused-ring (bicyclic) bond motifs is 1. The van der Waals surface area contributed by atoms with Crippen LogP contribution >= 0.6 is 11.6 Å². The zero-order chi connectivity index (χ0) is 90.3. The average Bonchev–Trinajstić information content (AvgIpc) is 1.59. The van der Waals surface area contributed by atoms with Crippen LogP contribution in [0.15, 0.2) is 284 Å². The molecule has 4 fully saturated rings. The average molecular weight is 1810 g/mol. The minimum atomic E-state index is -4.77. The number of aryl methyl sites for hydroxylation is 3. The Labute approximate surface area is 752 Å². The third-order valence-electron chi connectivity index (χ3n) is 23.6. The maximum Gasteiger partial charge on any atom is 0.573 e.